The van der Waals surface area contributed by atoms with Gasteiger partial charge in [-0.05, 0) is 61.6 Å². The lowest BCUT2D eigenvalue weighted by atomic mass is 9.95. The Morgan fingerprint density at radius 3 is 2.45 bits per heavy atom. The number of nitro groups is 1. The first kappa shape index (κ1) is 24.6. The van der Waals surface area contributed by atoms with Gasteiger partial charge < -0.3 is 16.0 Å². The van der Waals surface area contributed by atoms with Gasteiger partial charge in [0.2, 0.25) is 5.91 Å². The molecule has 3 rings (SSSR count). The van der Waals surface area contributed by atoms with Crippen LogP contribution in [0.4, 0.5) is 17.1 Å². The number of carbonyl (C=O) groups excluding carboxylic acids is 2. The maximum absolute atomic E-state index is 12.9. The third-order valence-corrected chi connectivity index (χ3v) is 6.32. The molecular formula is C24H30N4O4S. The zero-order chi connectivity index (χ0) is 23.6. The van der Waals surface area contributed by atoms with Gasteiger partial charge in [-0.15, -0.1) is 0 Å². The molecule has 0 aromatic heterocycles. The van der Waals surface area contributed by atoms with E-state index in [4.69, 9.17) is 0 Å². The lowest BCUT2D eigenvalue weighted by Crippen LogP contribution is -2.44. The van der Waals surface area contributed by atoms with Crippen molar-refractivity contribution in [2.45, 2.75) is 50.6 Å². The number of rotatable bonds is 10. The van der Waals surface area contributed by atoms with Crippen LogP contribution < -0.4 is 16.0 Å². The quantitative estimate of drug-likeness (QED) is 0.339. The summed E-state index contributed by atoms with van der Waals surface area (Å²) in [5, 5.41) is 20.1. The third kappa shape index (κ3) is 7.49. The molecule has 0 bridgehead atoms. The topological polar surface area (TPSA) is 113 Å². The number of carbonyl (C=O) groups is 2. The molecule has 3 N–H and O–H groups in total. The predicted octanol–water partition coefficient (Wildman–Crippen LogP) is 4.83. The Kier molecular flexibility index (Phi) is 9.12. The molecule has 0 saturated heterocycles. The molecule has 0 aliphatic heterocycles. The molecule has 0 heterocycles. The van der Waals surface area contributed by atoms with Crippen molar-refractivity contribution in [3.63, 3.8) is 0 Å². The summed E-state index contributed by atoms with van der Waals surface area (Å²) in [7, 11) is 0. The number of thioether (sulfide) groups is 1. The van der Waals surface area contributed by atoms with Crippen LogP contribution in [0.1, 0.15) is 48.9 Å². The number of hydrogen-bond donors (Lipinski definition) is 3. The largest absolute Gasteiger partial charge is 0.382 e. The molecule has 1 saturated carbocycles. The van der Waals surface area contributed by atoms with E-state index in [9.17, 15) is 19.7 Å². The van der Waals surface area contributed by atoms with E-state index >= 15 is 0 Å². The minimum Gasteiger partial charge on any atom is -0.382 e. The Balaban J connectivity index is 1.62. The molecule has 8 nitrogen and oxygen atoms in total. The number of amides is 2. The third-order valence-electron chi connectivity index (χ3n) is 5.68. The minimum atomic E-state index is -0.760. The molecule has 9 heteroatoms. The van der Waals surface area contributed by atoms with Crippen molar-refractivity contribution in [1.82, 2.24) is 5.32 Å². The van der Waals surface area contributed by atoms with E-state index in [0.29, 0.717) is 23.9 Å². The molecule has 1 aliphatic rings. The highest BCUT2D eigenvalue weighted by molar-refractivity contribution is 7.98. The van der Waals surface area contributed by atoms with Gasteiger partial charge >= 0.3 is 0 Å². The summed E-state index contributed by atoms with van der Waals surface area (Å²) in [6, 6.07) is 12.8. The summed E-state index contributed by atoms with van der Waals surface area (Å²) in [5.41, 5.74) is 1.64. The van der Waals surface area contributed by atoms with Crippen LogP contribution in [-0.4, -0.2) is 40.8 Å². The Hall–Kier alpha value is -3.07. The predicted molar refractivity (Wildman–Crippen MR) is 133 cm³/mol. The standard InChI is InChI=1S/C24H30N4O4S/c1-33-15-14-22(27-23(29)17-6-5-9-21(16-17)28(31)32)24(30)26-20-12-10-19(11-13-20)25-18-7-3-2-4-8-18/h5-6,9-13,16,18,22,25H,2-4,7-8,14-15H2,1H3,(H,26,30)(H,27,29). The lowest BCUT2D eigenvalue weighted by molar-refractivity contribution is -0.384. The summed E-state index contributed by atoms with van der Waals surface area (Å²) in [4.78, 5) is 36.0. The van der Waals surface area contributed by atoms with Gasteiger partial charge in [-0.25, -0.2) is 0 Å². The van der Waals surface area contributed by atoms with E-state index in [1.165, 1.54) is 56.4 Å². The average Bonchev–Trinajstić information content (AvgIpc) is 2.83. The van der Waals surface area contributed by atoms with Crippen molar-refractivity contribution in [3.05, 3.63) is 64.2 Å². The molecule has 1 unspecified atom stereocenters. The highest BCUT2D eigenvalue weighted by Crippen LogP contribution is 2.23. The van der Waals surface area contributed by atoms with Gasteiger partial charge in [-0.3, -0.25) is 19.7 Å². The van der Waals surface area contributed by atoms with Gasteiger partial charge in [0.1, 0.15) is 6.04 Å². The molecule has 0 spiro atoms. The van der Waals surface area contributed by atoms with Crippen LogP contribution in [0, 0.1) is 10.1 Å². The molecule has 2 aromatic carbocycles. The maximum atomic E-state index is 12.9. The normalized spacial score (nSPS) is 14.8. The number of benzene rings is 2. The number of hydrogen-bond acceptors (Lipinski definition) is 6. The van der Waals surface area contributed by atoms with Crippen molar-refractivity contribution < 1.29 is 14.5 Å². The Morgan fingerprint density at radius 1 is 1.09 bits per heavy atom. The lowest BCUT2D eigenvalue weighted by Gasteiger charge is -2.24. The molecule has 1 atom stereocenters. The van der Waals surface area contributed by atoms with Gasteiger partial charge in [0, 0.05) is 35.1 Å². The Bertz CT molecular complexity index is 961. The number of nitrogens with one attached hydrogen (secondary N) is 3. The van der Waals surface area contributed by atoms with E-state index in [-0.39, 0.29) is 17.2 Å². The molecule has 2 aromatic rings. The smallest absolute Gasteiger partial charge is 0.270 e. The fourth-order valence-electron chi connectivity index (χ4n) is 3.87. The zero-order valence-electron chi connectivity index (χ0n) is 18.7. The summed E-state index contributed by atoms with van der Waals surface area (Å²) in [6.45, 7) is 0. The minimum absolute atomic E-state index is 0.143. The summed E-state index contributed by atoms with van der Waals surface area (Å²) < 4.78 is 0. The van der Waals surface area contributed by atoms with Crippen LogP contribution in [0.25, 0.3) is 0 Å². The van der Waals surface area contributed by atoms with Crippen LogP contribution in [0.5, 0.6) is 0 Å². The van der Waals surface area contributed by atoms with E-state index in [0.717, 1.165) is 5.69 Å². The number of nitrogens with zero attached hydrogens (tertiary/aromatic N) is 1. The summed E-state index contributed by atoms with van der Waals surface area (Å²) in [5.74, 6) is -0.167. The van der Waals surface area contributed by atoms with Gasteiger partial charge in [0.25, 0.3) is 11.6 Å². The van der Waals surface area contributed by atoms with Gasteiger partial charge in [0.15, 0.2) is 0 Å². The first-order chi connectivity index (χ1) is 16.0. The van der Waals surface area contributed by atoms with Gasteiger partial charge in [-0.1, -0.05) is 25.3 Å². The van der Waals surface area contributed by atoms with Gasteiger partial charge in [-0.2, -0.15) is 11.8 Å². The van der Waals surface area contributed by atoms with Crippen molar-refractivity contribution in [2.75, 3.05) is 22.6 Å². The number of anilines is 2. The maximum Gasteiger partial charge on any atom is 0.270 e. The van der Waals surface area contributed by atoms with E-state index in [1.54, 1.807) is 11.8 Å². The second-order valence-corrected chi connectivity index (χ2v) is 9.15. The molecular weight excluding hydrogens is 440 g/mol. The first-order valence-electron chi connectivity index (χ1n) is 11.2. The number of nitro benzene ring substituents is 1. The van der Waals surface area contributed by atoms with Crippen molar-refractivity contribution >= 4 is 40.6 Å². The highest BCUT2D eigenvalue weighted by atomic mass is 32.2. The summed E-state index contributed by atoms with van der Waals surface area (Å²) >= 11 is 1.57. The van der Waals surface area contributed by atoms with Crippen LogP contribution in [0.15, 0.2) is 48.5 Å². The van der Waals surface area contributed by atoms with E-state index < -0.39 is 16.9 Å². The number of non-ortho nitro benzene ring substituents is 1. The average molecular weight is 471 g/mol. The van der Waals surface area contributed by atoms with E-state index in [1.807, 2.05) is 30.5 Å². The highest BCUT2D eigenvalue weighted by Gasteiger charge is 2.22. The fourth-order valence-corrected chi connectivity index (χ4v) is 4.34. The fraction of sp³-hybridized carbons (Fsp3) is 0.417. The van der Waals surface area contributed by atoms with Crippen molar-refractivity contribution in [1.29, 1.82) is 0 Å². The van der Waals surface area contributed by atoms with E-state index in [2.05, 4.69) is 16.0 Å². The Morgan fingerprint density at radius 2 is 1.79 bits per heavy atom. The molecule has 1 fully saturated rings. The molecule has 33 heavy (non-hydrogen) atoms. The van der Waals surface area contributed by atoms with Gasteiger partial charge in [0.05, 0.1) is 4.92 Å². The van der Waals surface area contributed by atoms with Crippen LogP contribution in [-0.2, 0) is 4.79 Å². The second-order valence-electron chi connectivity index (χ2n) is 8.16. The van der Waals surface area contributed by atoms with Crippen LogP contribution >= 0.6 is 11.8 Å². The molecule has 1 aliphatic carbocycles. The van der Waals surface area contributed by atoms with Crippen LogP contribution in [0.2, 0.25) is 0 Å². The van der Waals surface area contributed by atoms with Crippen molar-refractivity contribution in [2.24, 2.45) is 0 Å². The first-order valence-corrected chi connectivity index (χ1v) is 12.6. The van der Waals surface area contributed by atoms with Crippen molar-refractivity contribution in [3.8, 4) is 0 Å². The monoisotopic (exact) mass is 470 g/mol. The SMILES string of the molecule is CSCCC(NC(=O)c1cccc([N+](=O)[O-])c1)C(=O)Nc1ccc(NC2CCCCC2)cc1. The van der Waals surface area contributed by atoms with Crippen LogP contribution in [0.3, 0.4) is 0 Å². The Labute approximate surface area is 198 Å². The summed E-state index contributed by atoms with van der Waals surface area (Å²) in [6.07, 6.45) is 8.54. The second kappa shape index (κ2) is 12.2. The molecule has 2 amide bonds. The molecule has 0 radical (unpaired) electrons. The molecule has 176 valence electrons. The zero-order valence-corrected chi connectivity index (χ0v) is 19.5.